The fourth-order valence-corrected chi connectivity index (χ4v) is 15.9. The first-order chi connectivity index (χ1) is 11.7. The van der Waals surface area contributed by atoms with Crippen LogP contribution in [0.3, 0.4) is 0 Å². The van der Waals surface area contributed by atoms with Crippen LogP contribution < -0.4 is 4.40 Å². The van der Waals surface area contributed by atoms with Gasteiger partial charge in [0, 0.05) is 0 Å². The molecule has 1 aromatic carbocycles. The number of hydrogen-bond donors (Lipinski definition) is 1. The Kier molecular flexibility index (Phi) is 6.45. The number of piperidine rings is 1. The molecule has 2 fully saturated rings. The van der Waals surface area contributed by atoms with Crippen molar-refractivity contribution in [2.75, 3.05) is 32.1 Å². The van der Waals surface area contributed by atoms with Gasteiger partial charge in [0.25, 0.3) is 0 Å². The van der Waals surface area contributed by atoms with Crippen LogP contribution in [-0.4, -0.2) is 55.0 Å². The van der Waals surface area contributed by atoms with Crippen molar-refractivity contribution in [3.8, 4) is 0 Å². The molecule has 1 saturated heterocycles. The van der Waals surface area contributed by atoms with E-state index in [0.717, 1.165) is 4.75 Å². The molecule has 24 heavy (non-hydrogen) atoms. The molecule has 0 amide bonds. The van der Waals surface area contributed by atoms with Gasteiger partial charge in [-0.3, -0.25) is 0 Å². The van der Waals surface area contributed by atoms with Crippen molar-refractivity contribution in [1.82, 2.24) is 0 Å². The molecule has 134 valence electrons. The van der Waals surface area contributed by atoms with E-state index in [1.807, 2.05) is 0 Å². The molecule has 1 atom stereocenters. The van der Waals surface area contributed by atoms with Crippen LogP contribution in [0.25, 0.3) is 0 Å². The molecule has 2 aliphatic rings. The summed E-state index contributed by atoms with van der Waals surface area (Å²) < 4.78 is 3.66. The number of nitrogens with zero attached hydrogens (tertiary/aromatic N) is 1. The fourth-order valence-electron chi connectivity index (χ4n) is 5.28. The summed E-state index contributed by atoms with van der Waals surface area (Å²) in [4.78, 5) is 0. The van der Waals surface area contributed by atoms with Gasteiger partial charge in [0.15, 0.2) is 0 Å². The average molecular weight is 391 g/mol. The summed E-state index contributed by atoms with van der Waals surface area (Å²) in [5.74, 6) is 0. The van der Waals surface area contributed by atoms with Crippen molar-refractivity contribution in [3.63, 3.8) is 0 Å². The van der Waals surface area contributed by atoms with Gasteiger partial charge in [-0.25, -0.2) is 0 Å². The second kappa shape index (κ2) is 8.38. The molecule has 3 rings (SSSR count). The van der Waals surface area contributed by atoms with E-state index >= 15 is 0 Å². The predicted octanol–water partition coefficient (Wildman–Crippen LogP) is 3.84. The molecular formula is C21H36GeNO+. The zero-order valence-electron chi connectivity index (χ0n) is 15.6. The number of quaternary nitrogens is 1. The van der Waals surface area contributed by atoms with Crippen LogP contribution in [0, 0.1) is 0 Å². The second-order valence-corrected chi connectivity index (χ2v) is 18.1. The Morgan fingerprint density at radius 1 is 0.958 bits per heavy atom. The number of hydrogen-bond acceptors (Lipinski definition) is 1. The van der Waals surface area contributed by atoms with Crippen LogP contribution in [0.2, 0.25) is 10.0 Å². The molecule has 1 unspecified atom stereocenters. The Bertz CT molecular complexity index is 494. The standard InChI is InChI=1S/C21H36GeNO/c1-23(16-9-4-10-17-23)18-15-22(19-24,20-11-5-2-6-12-20)21-13-7-3-8-14-21/h2,5-6,11-12,21,24H,3-4,7-10,13-19H2,1H3/q+1. The number of benzene rings is 1. The van der Waals surface area contributed by atoms with Crippen LogP contribution in [0.5, 0.6) is 0 Å². The molecule has 0 spiro atoms. The minimum absolute atomic E-state index is 0.495. The van der Waals surface area contributed by atoms with Crippen molar-refractivity contribution in [1.29, 1.82) is 0 Å². The van der Waals surface area contributed by atoms with Crippen molar-refractivity contribution in [2.24, 2.45) is 0 Å². The van der Waals surface area contributed by atoms with Crippen LogP contribution in [0.1, 0.15) is 51.4 Å². The number of aliphatic hydroxyl groups is 1. The average Bonchev–Trinajstić information content (AvgIpc) is 2.65. The van der Waals surface area contributed by atoms with Crippen molar-refractivity contribution >= 4 is 17.7 Å². The van der Waals surface area contributed by atoms with Gasteiger partial charge in [-0.1, -0.05) is 0 Å². The topological polar surface area (TPSA) is 20.2 Å². The van der Waals surface area contributed by atoms with Crippen LogP contribution >= 0.6 is 0 Å². The number of rotatable bonds is 6. The van der Waals surface area contributed by atoms with E-state index in [2.05, 4.69) is 37.4 Å². The molecule has 1 N–H and O–H groups in total. The van der Waals surface area contributed by atoms with Crippen LogP contribution in [0.4, 0.5) is 0 Å². The van der Waals surface area contributed by atoms with E-state index in [1.165, 1.54) is 80.7 Å². The van der Waals surface area contributed by atoms with E-state index in [4.69, 9.17) is 0 Å². The summed E-state index contributed by atoms with van der Waals surface area (Å²) >= 11 is -2.47. The van der Waals surface area contributed by atoms with Gasteiger partial charge in [-0.15, -0.1) is 0 Å². The number of likely N-dealkylation sites (tertiary alicyclic amines) is 1. The first-order valence-electron chi connectivity index (χ1n) is 10.2. The summed E-state index contributed by atoms with van der Waals surface area (Å²) in [5.41, 5.74) is 0.495. The van der Waals surface area contributed by atoms with Gasteiger partial charge in [-0.05, 0) is 0 Å². The fraction of sp³-hybridized carbons (Fsp3) is 0.714. The first kappa shape index (κ1) is 18.5. The summed E-state index contributed by atoms with van der Waals surface area (Å²) in [6.45, 7) is 4.00. The van der Waals surface area contributed by atoms with Gasteiger partial charge >= 0.3 is 151 Å². The Morgan fingerprint density at radius 2 is 1.58 bits per heavy atom. The summed E-state index contributed by atoms with van der Waals surface area (Å²) in [6.07, 6.45) is 11.1. The SMILES string of the molecule is C[N+]1(C[CH2][Ge]([CH2]O)([c]2ccccc2)[CH]2CCCCC2)CCCCC1. The molecule has 2 nitrogen and oxygen atoms in total. The maximum absolute atomic E-state index is 10.7. The van der Waals surface area contributed by atoms with Gasteiger partial charge in [0.2, 0.25) is 0 Å². The van der Waals surface area contributed by atoms with E-state index < -0.39 is 13.3 Å². The molecule has 0 aromatic heterocycles. The van der Waals surface area contributed by atoms with Crippen molar-refractivity contribution in [3.05, 3.63) is 30.3 Å². The summed E-state index contributed by atoms with van der Waals surface area (Å²) in [7, 11) is 2.47. The molecule has 0 radical (unpaired) electrons. The maximum atomic E-state index is 10.7. The van der Waals surface area contributed by atoms with E-state index in [0.29, 0.717) is 5.44 Å². The third-order valence-corrected chi connectivity index (χ3v) is 18.1. The van der Waals surface area contributed by atoms with E-state index in [-0.39, 0.29) is 0 Å². The minimum atomic E-state index is -2.47. The zero-order chi connectivity index (χ0) is 16.9. The normalized spacial score (nSPS) is 24.4. The number of aliphatic hydroxyl groups excluding tert-OH is 1. The Morgan fingerprint density at radius 3 is 2.21 bits per heavy atom. The van der Waals surface area contributed by atoms with E-state index in [1.54, 1.807) is 4.40 Å². The third kappa shape index (κ3) is 4.08. The predicted molar refractivity (Wildman–Crippen MR) is 105 cm³/mol. The molecule has 1 aliphatic carbocycles. The molecule has 3 heteroatoms. The van der Waals surface area contributed by atoms with Gasteiger partial charge in [0.05, 0.1) is 0 Å². The second-order valence-electron chi connectivity index (χ2n) is 8.62. The summed E-state index contributed by atoms with van der Waals surface area (Å²) in [5, 5.41) is 12.0. The van der Waals surface area contributed by atoms with Crippen molar-refractivity contribution < 1.29 is 9.59 Å². The molecular weight excluding hydrogens is 355 g/mol. The van der Waals surface area contributed by atoms with E-state index in [9.17, 15) is 5.11 Å². The molecule has 1 heterocycles. The summed E-state index contributed by atoms with van der Waals surface area (Å²) in [6, 6.07) is 11.2. The molecule has 1 aromatic rings. The first-order valence-corrected chi connectivity index (χ1v) is 15.4. The zero-order valence-corrected chi connectivity index (χ0v) is 17.6. The van der Waals surface area contributed by atoms with Gasteiger partial charge < -0.3 is 0 Å². The van der Waals surface area contributed by atoms with Crippen LogP contribution in [-0.2, 0) is 0 Å². The molecule has 1 aliphatic heterocycles. The Hall–Kier alpha value is -0.317. The Labute approximate surface area is 151 Å². The molecule has 0 bridgehead atoms. The quantitative estimate of drug-likeness (QED) is 0.577. The molecule has 1 saturated carbocycles. The van der Waals surface area contributed by atoms with Gasteiger partial charge in [-0.2, -0.15) is 0 Å². The van der Waals surface area contributed by atoms with Crippen LogP contribution in [0.15, 0.2) is 30.3 Å². The monoisotopic (exact) mass is 392 g/mol. The Balaban J connectivity index is 1.83. The van der Waals surface area contributed by atoms with Gasteiger partial charge in [0.1, 0.15) is 0 Å². The van der Waals surface area contributed by atoms with Crippen molar-refractivity contribution in [2.45, 2.75) is 61.4 Å². The third-order valence-electron chi connectivity index (χ3n) is 7.01.